The minimum Gasteiger partial charge on any atom is -0.454 e. The summed E-state index contributed by atoms with van der Waals surface area (Å²) in [5.41, 5.74) is 2.13. The number of morpholine rings is 1. The molecule has 2 aliphatic rings. The van der Waals surface area contributed by atoms with Crippen molar-refractivity contribution < 1.29 is 19.0 Å². The standard InChI is InChI=1S/C18H21NO4/c1-2-14(4-6-18(20)19-7-9-21-10-8-19)11-15-3-5-16-17(12-15)23-13-22-16/h3-6,11-12H,2,7-10,13H2,1H3/b6-4+,14-11+. The van der Waals surface area contributed by atoms with Gasteiger partial charge in [0.15, 0.2) is 11.5 Å². The van der Waals surface area contributed by atoms with E-state index in [1.165, 1.54) is 0 Å². The van der Waals surface area contributed by atoms with Crippen LogP contribution < -0.4 is 9.47 Å². The Morgan fingerprint density at radius 3 is 2.74 bits per heavy atom. The molecule has 1 amide bonds. The van der Waals surface area contributed by atoms with Crippen LogP contribution in [-0.4, -0.2) is 43.9 Å². The fourth-order valence-electron chi connectivity index (χ4n) is 2.55. The van der Waals surface area contributed by atoms with Crippen molar-refractivity contribution in [3.63, 3.8) is 0 Å². The Morgan fingerprint density at radius 2 is 1.96 bits per heavy atom. The molecule has 0 radical (unpaired) electrons. The number of carbonyl (C=O) groups is 1. The number of benzene rings is 1. The molecule has 23 heavy (non-hydrogen) atoms. The van der Waals surface area contributed by atoms with E-state index in [9.17, 15) is 4.79 Å². The van der Waals surface area contributed by atoms with E-state index < -0.39 is 0 Å². The molecular formula is C18H21NO4. The minimum atomic E-state index is 0.0401. The van der Waals surface area contributed by atoms with Crippen molar-refractivity contribution in [3.05, 3.63) is 41.5 Å². The average molecular weight is 315 g/mol. The van der Waals surface area contributed by atoms with Gasteiger partial charge in [0, 0.05) is 19.2 Å². The molecule has 0 aromatic heterocycles. The van der Waals surface area contributed by atoms with Crippen molar-refractivity contribution in [1.29, 1.82) is 0 Å². The highest BCUT2D eigenvalue weighted by Crippen LogP contribution is 2.33. The lowest BCUT2D eigenvalue weighted by atomic mass is 10.1. The molecule has 0 atom stereocenters. The van der Waals surface area contributed by atoms with E-state index in [-0.39, 0.29) is 12.7 Å². The van der Waals surface area contributed by atoms with Gasteiger partial charge in [0.25, 0.3) is 0 Å². The van der Waals surface area contributed by atoms with Gasteiger partial charge in [0.2, 0.25) is 12.7 Å². The van der Waals surface area contributed by atoms with Gasteiger partial charge < -0.3 is 19.1 Å². The van der Waals surface area contributed by atoms with Crippen molar-refractivity contribution in [2.24, 2.45) is 0 Å². The summed E-state index contributed by atoms with van der Waals surface area (Å²) in [6.07, 6.45) is 6.45. The summed E-state index contributed by atoms with van der Waals surface area (Å²) < 4.78 is 16.0. The van der Waals surface area contributed by atoms with E-state index in [0.29, 0.717) is 26.3 Å². The third kappa shape index (κ3) is 3.93. The molecule has 1 saturated heterocycles. The van der Waals surface area contributed by atoms with Crippen LogP contribution in [0.1, 0.15) is 18.9 Å². The molecule has 0 spiro atoms. The van der Waals surface area contributed by atoms with Crippen LogP contribution >= 0.6 is 0 Å². The Balaban J connectivity index is 1.69. The molecule has 5 heteroatoms. The number of carbonyl (C=O) groups excluding carboxylic acids is 1. The molecule has 1 aromatic rings. The van der Waals surface area contributed by atoms with Gasteiger partial charge in [-0.25, -0.2) is 0 Å². The maximum absolute atomic E-state index is 12.1. The van der Waals surface area contributed by atoms with Crippen LogP contribution in [0, 0.1) is 0 Å². The maximum atomic E-state index is 12.1. The number of hydrogen-bond acceptors (Lipinski definition) is 4. The van der Waals surface area contributed by atoms with Crippen molar-refractivity contribution in [1.82, 2.24) is 4.90 Å². The van der Waals surface area contributed by atoms with E-state index in [0.717, 1.165) is 29.1 Å². The first-order valence-corrected chi connectivity index (χ1v) is 7.91. The van der Waals surface area contributed by atoms with Crippen LogP contribution in [-0.2, 0) is 9.53 Å². The van der Waals surface area contributed by atoms with Gasteiger partial charge in [-0.15, -0.1) is 0 Å². The normalized spacial score (nSPS) is 17.8. The van der Waals surface area contributed by atoms with Crippen molar-refractivity contribution in [2.75, 3.05) is 33.1 Å². The van der Waals surface area contributed by atoms with Crippen molar-refractivity contribution in [3.8, 4) is 11.5 Å². The predicted octanol–water partition coefficient (Wildman–Crippen LogP) is 2.62. The van der Waals surface area contributed by atoms with Gasteiger partial charge in [0.1, 0.15) is 0 Å². The summed E-state index contributed by atoms with van der Waals surface area (Å²) in [4.78, 5) is 14.0. The van der Waals surface area contributed by atoms with Crippen LogP contribution in [0.25, 0.3) is 6.08 Å². The van der Waals surface area contributed by atoms with Crippen LogP contribution in [0.2, 0.25) is 0 Å². The van der Waals surface area contributed by atoms with E-state index in [1.54, 1.807) is 6.08 Å². The molecule has 1 fully saturated rings. The zero-order chi connectivity index (χ0) is 16.1. The van der Waals surface area contributed by atoms with E-state index in [1.807, 2.05) is 29.2 Å². The second-order valence-electron chi connectivity index (χ2n) is 5.46. The van der Waals surface area contributed by atoms with Crippen LogP contribution in [0.5, 0.6) is 11.5 Å². The monoisotopic (exact) mass is 315 g/mol. The van der Waals surface area contributed by atoms with Crippen molar-refractivity contribution in [2.45, 2.75) is 13.3 Å². The first-order valence-electron chi connectivity index (χ1n) is 7.91. The molecule has 122 valence electrons. The summed E-state index contributed by atoms with van der Waals surface area (Å²) in [7, 11) is 0. The Labute approximate surface area is 136 Å². The van der Waals surface area contributed by atoms with Gasteiger partial charge in [0.05, 0.1) is 13.2 Å². The quantitative estimate of drug-likeness (QED) is 0.633. The second kappa shape index (κ2) is 7.33. The number of ether oxygens (including phenoxy) is 3. The lowest BCUT2D eigenvalue weighted by molar-refractivity contribution is -0.129. The molecule has 0 aliphatic carbocycles. The van der Waals surface area contributed by atoms with Crippen LogP contribution in [0.15, 0.2) is 35.9 Å². The first kappa shape index (κ1) is 15.6. The summed E-state index contributed by atoms with van der Waals surface area (Å²) in [6.45, 7) is 4.91. The summed E-state index contributed by atoms with van der Waals surface area (Å²) in [5.74, 6) is 1.58. The lowest BCUT2D eigenvalue weighted by Crippen LogP contribution is -2.39. The average Bonchev–Trinajstić information content (AvgIpc) is 3.06. The molecule has 0 bridgehead atoms. The molecule has 0 N–H and O–H groups in total. The predicted molar refractivity (Wildman–Crippen MR) is 87.4 cm³/mol. The van der Waals surface area contributed by atoms with Crippen LogP contribution in [0.4, 0.5) is 0 Å². The van der Waals surface area contributed by atoms with Gasteiger partial charge in [-0.05, 0) is 29.7 Å². The van der Waals surface area contributed by atoms with E-state index in [2.05, 4.69) is 13.0 Å². The summed E-state index contributed by atoms with van der Waals surface area (Å²) in [6, 6.07) is 5.85. The second-order valence-corrected chi connectivity index (χ2v) is 5.46. The zero-order valence-electron chi connectivity index (χ0n) is 13.3. The fraction of sp³-hybridized carbons (Fsp3) is 0.389. The lowest BCUT2D eigenvalue weighted by Gasteiger charge is -2.25. The van der Waals surface area contributed by atoms with Gasteiger partial charge >= 0.3 is 0 Å². The minimum absolute atomic E-state index is 0.0401. The summed E-state index contributed by atoms with van der Waals surface area (Å²) in [5, 5.41) is 0. The fourth-order valence-corrected chi connectivity index (χ4v) is 2.55. The highest BCUT2D eigenvalue weighted by atomic mass is 16.7. The molecule has 2 aliphatic heterocycles. The summed E-state index contributed by atoms with van der Waals surface area (Å²) >= 11 is 0. The van der Waals surface area contributed by atoms with E-state index >= 15 is 0 Å². The highest BCUT2D eigenvalue weighted by molar-refractivity contribution is 5.88. The molecule has 5 nitrogen and oxygen atoms in total. The first-order chi connectivity index (χ1) is 11.3. The molecular weight excluding hydrogens is 294 g/mol. The molecule has 2 heterocycles. The maximum Gasteiger partial charge on any atom is 0.246 e. The van der Waals surface area contributed by atoms with Crippen molar-refractivity contribution >= 4 is 12.0 Å². The molecule has 1 aromatic carbocycles. The number of hydrogen-bond donors (Lipinski definition) is 0. The number of allylic oxidation sites excluding steroid dienone is 2. The number of nitrogens with zero attached hydrogens (tertiary/aromatic N) is 1. The van der Waals surface area contributed by atoms with Gasteiger partial charge in [-0.1, -0.05) is 25.1 Å². The molecule has 3 rings (SSSR count). The third-order valence-corrected chi connectivity index (χ3v) is 3.92. The Kier molecular flexibility index (Phi) is 4.98. The number of amides is 1. The largest absolute Gasteiger partial charge is 0.454 e. The number of fused-ring (bicyclic) bond motifs is 1. The third-order valence-electron chi connectivity index (χ3n) is 3.92. The molecule has 0 saturated carbocycles. The Hall–Kier alpha value is -2.27. The SMILES string of the molecule is CCC(/C=C/C(=O)N1CCOCC1)=C\c1ccc2c(c1)OCO2. The molecule has 0 unspecified atom stereocenters. The van der Waals surface area contributed by atoms with Crippen LogP contribution in [0.3, 0.4) is 0 Å². The Morgan fingerprint density at radius 1 is 1.17 bits per heavy atom. The Bertz CT molecular complexity index is 630. The van der Waals surface area contributed by atoms with E-state index in [4.69, 9.17) is 14.2 Å². The van der Waals surface area contributed by atoms with Gasteiger partial charge in [-0.2, -0.15) is 0 Å². The zero-order valence-corrected chi connectivity index (χ0v) is 13.3. The number of rotatable bonds is 4. The van der Waals surface area contributed by atoms with Gasteiger partial charge in [-0.3, -0.25) is 4.79 Å². The smallest absolute Gasteiger partial charge is 0.246 e. The highest BCUT2D eigenvalue weighted by Gasteiger charge is 2.14. The topological polar surface area (TPSA) is 48.0 Å².